The van der Waals surface area contributed by atoms with Gasteiger partial charge in [-0.3, -0.25) is 24.0 Å². The summed E-state index contributed by atoms with van der Waals surface area (Å²) >= 11 is 0. The van der Waals surface area contributed by atoms with Crippen LogP contribution < -0.4 is 33.2 Å². The molecule has 1 heterocycles. The van der Waals surface area contributed by atoms with E-state index in [0.717, 1.165) is 0 Å². The number of aromatic amines is 1. The van der Waals surface area contributed by atoms with Gasteiger partial charge in [0.25, 0.3) is 0 Å². The lowest BCUT2D eigenvalue weighted by Gasteiger charge is -2.21. The third kappa shape index (κ3) is 9.66. The summed E-state index contributed by atoms with van der Waals surface area (Å²) in [6.07, 6.45) is 1.74. The SMILES string of the molecule is NC(=O)CCC(NC(=O)C(Cc1cnc[nH]1)NC(=O)CNC(=O)C(N)CC(N)=O)C(=O)O. The molecule has 0 aliphatic carbocycles. The molecule has 0 aromatic carbocycles. The summed E-state index contributed by atoms with van der Waals surface area (Å²) in [5.41, 5.74) is 15.9. The molecule has 15 nitrogen and oxygen atoms in total. The van der Waals surface area contributed by atoms with Gasteiger partial charge in [-0.1, -0.05) is 0 Å². The first-order valence-corrected chi connectivity index (χ1v) is 9.39. The molecule has 1 rings (SSSR count). The average molecular weight is 454 g/mol. The molecule has 0 spiro atoms. The number of nitrogens with zero attached hydrogens (tertiary/aromatic N) is 1. The minimum Gasteiger partial charge on any atom is -0.480 e. The molecule has 0 aliphatic rings. The van der Waals surface area contributed by atoms with Gasteiger partial charge in [-0.15, -0.1) is 0 Å². The van der Waals surface area contributed by atoms with Crippen molar-refractivity contribution < 1.29 is 33.9 Å². The number of rotatable bonds is 14. The number of nitrogens with two attached hydrogens (primary N) is 3. The standard InChI is InChI=1S/C17H26N8O7/c18-9(4-13(20)27)15(29)22-6-14(28)24-11(3-8-5-21-7-23-8)16(30)25-10(17(31)32)1-2-12(19)26/h5,7,9-11H,1-4,6,18H2,(H2,19,26)(H2,20,27)(H,21,23)(H,22,29)(H,24,28)(H,25,30)(H,31,32). The molecule has 0 bridgehead atoms. The van der Waals surface area contributed by atoms with Crippen molar-refractivity contribution in [1.29, 1.82) is 0 Å². The van der Waals surface area contributed by atoms with Gasteiger partial charge in [0, 0.05) is 24.7 Å². The number of primary amides is 2. The van der Waals surface area contributed by atoms with E-state index in [2.05, 4.69) is 25.9 Å². The number of carbonyl (C=O) groups is 6. The summed E-state index contributed by atoms with van der Waals surface area (Å²) < 4.78 is 0. The Labute approximate surface area is 181 Å². The number of nitrogens with one attached hydrogen (secondary N) is 4. The van der Waals surface area contributed by atoms with Crippen LogP contribution in [-0.4, -0.2) is 75.2 Å². The Morgan fingerprint density at radius 1 is 1.03 bits per heavy atom. The van der Waals surface area contributed by atoms with E-state index in [1.54, 1.807) is 0 Å². The number of aromatic nitrogens is 2. The highest BCUT2D eigenvalue weighted by molar-refractivity contribution is 5.93. The third-order valence-corrected chi connectivity index (χ3v) is 4.11. The van der Waals surface area contributed by atoms with Crippen LogP contribution in [0.25, 0.3) is 0 Å². The van der Waals surface area contributed by atoms with Crippen molar-refractivity contribution in [1.82, 2.24) is 25.9 Å². The zero-order valence-corrected chi connectivity index (χ0v) is 17.0. The molecule has 11 N–H and O–H groups in total. The fourth-order valence-corrected chi connectivity index (χ4v) is 2.50. The molecular weight excluding hydrogens is 428 g/mol. The summed E-state index contributed by atoms with van der Waals surface area (Å²) in [6, 6.07) is -3.90. The minimum atomic E-state index is -1.41. The highest BCUT2D eigenvalue weighted by atomic mass is 16.4. The van der Waals surface area contributed by atoms with E-state index in [1.807, 2.05) is 0 Å². The summed E-state index contributed by atoms with van der Waals surface area (Å²) in [4.78, 5) is 76.3. The second kappa shape index (κ2) is 12.6. The second-order valence-corrected chi connectivity index (χ2v) is 6.80. The Kier molecular flexibility index (Phi) is 10.3. The van der Waals surface area contributed by atoms with Gasteiger partial charge >= 0.3 is 5.97 Å². The first-order chi connectivity index (χ1) is 15.0. The number of H-pyrrole nitrogens is 1. The molecule has 0 fully saturated rings. The van der Waals surface area contributed by atoms with Crippen molar-refractivity contribution in [3.63, 3.8) is 0 Å². The highest BCUT2D eigenvalue weighted by Gasteiger charge is 2.27. The van der Waals surface area contributed by atoms with Gasteiger partial charge in [-0.25, -0.2) is 9.78 Å². The van der Waals surface area contributed by atoms with Gasteiger partial charge in [-0.2, -0.15) is 0 Å². The lowest BCUT2D eigenvalue weighted by atomic mass is 10.1. The van der Waals surface area contributed by atoms with E-state index >= 15 is 0 Å². The predicted octanol–water partition coefficient (Wildman–Crippen LogP) is -4.41. The quantitative estimate of drug-likeness (QED) is 0.135. The van der Waals surface area contributed by atoms with Crippen LogP contribution in [0.15, 0.2) is 12.5 Å². The van der Waals surface area contributed by atoms with Crippen LogP contribution in [0.5, 0.6) is 0 Å². The Balaban J connectivity index is 2.78. The number of imidazole rings is 1. The molecule has 32 heavy (non-hydrogen) atoms. The lowest BCUT2D eigenvalue weighted by molar-refractivity contribution is -0.142. The summed E-state index contributed by atoms with van der Waals surface area (Å²) in [7, 11) is 0. The van der Waals surface area contributed by atoms with Crippen molar-refractivity contribution in [3.05, 3.63) is 18.2 Å². The molecule has 1 aromatic rings. The fourth-order valence-electron chi connectivity index (χ4n) is 2.50. The van der Waals surface area contributed by atoms with Gasteiger partial charge in [-0.05, 0) is 6.42 Å². The van der Waals surface area contributed by atoms with Gasteiger partial charge in [0.05, 0.1) is 25.3 Å². The van der Waals surface area contributed by atoms with Crippen molar-refractivity contribution in [2.45, 2.75) is 43.8 Å². The van der Waals surface area contributed by atoms with E-state index in [0.29, 0.717) is 5.69 Å². The largest absolute Gasteiger partial charge is 0.480 e. The number of hydrogen-bond acceptors (Lipinski definition) is 8. The van der Waals surface area contributed by atoms with Gasteiger partial charge in [0.15, 0.2) is 0 Å². The van der Waals surface area contributed by atoms with Crippen LogP contribution in [-0.2, 0) is 35.2 Å². The monoisotopic (exact) mass is 454 g/mol. The number of hydrogen-bond donors (Lipinski definition) is 8. The molecule has 5 amide bonds. The smallest absolute Gasteiger partial charge is 0.326 e. The van der Waals surface area contributed by atoms with E-state index < -0.39 is 66.6 Å². The average Bonchev–Trinajstić information content (AvgIpc) is 3.20. The maximum Gasteiger partial charge on any atom is 0.326 e. The van der Waals surface area contributed by atoms with E-state index in [-0.39, 0.29) is 19.3 Å². The molecule has 0 aliphatic heterocycles. The lowest BCUT2D eigenvalue weighted by Crippen LogP contribution is -2.54. The van der Waals surface area contributed by atoms with Crippen molar-refractivity contribution in [2.75, 3.05) is 6.54 Å². The van der Waals surface area contributed by atoms with Crippen LogP contribution in [0.4, 0.5) is 0 Å². The van der Waals surface area contributed by atoms with Crippen molar-refractivity contribution >= 4 is 35.5 Å². The van der Waals surface area contributed by atoms with E-state index in [1.165, 1.54) is 12.5 Å². The third-order valence-electron chi connectivity index (χ3n) is 4.11. The summed E-state index contributed by atoms with van der Waals surface area (Å²) in [6.45, 7) is -0.567. The van der Waals surface area contributed by atoms with Crippen LogP contribution in [0, 0.1) is 0 Å². The summed E-state index contributed by atoms with van der Waals surface area (Å²) in [5, 5.41) is 16.1. The summed E-state index contributed by atoms with van der Waals surface area (Å²) in [5.74, 6) is -5.35. The molecule has 1 aromatic heterocycles. The number of aliphatic carboxylic acids is 1. The topological polar surface area (TPSA) is 265 Å². The maximum absolute atomic E-state index is 12.6. The Morgan fingerprint density at radius 3 is 2.25 bits per heavy atom. The highest BCUT2D eigenvalue weighted by Crippen LogP contribution is 2.03. The molecule has 0 saturated heterocycles. The molecule has 3 unspecified atom stereocenters. The molecule has 176 valence electrons. The van der Waals surface area contributed by atoms with Gasteiger partial charge in [0.2, 0.25) is 29.5 Å². The van der Waals surface area contributed by atoms with Crippen LogP contribution in [0.1, 0.15) is 25.0 Å². The number of amides is 5. The predicted molar refractivity (Wildman–Crippen MR) is 107 cm³/mol. The van der Waals surface area contributed by atoms with Crippen LogP contribution >= 0.6 is 0 Å². The zero-order valence-electron chi connectivity index (χ0n) is 17.0. The van der Waals surface area contributed by atoms with E-state index in [9.17, 15) is 33.9 Å². The number of carbonyl (C=O) groups excluding carboxylic acids is 5. The number of carboxylic acids is 1. The Morgan fingerprint density at radius 2 is 1.72 bits per heavy atom. The molecular formula is C17H26N8O7. The maximum atomic E-state index is 12.6. The molecule has 0 radical (unpaired) electrons. The first kappa shape index (κ1) is 26.0. The Hall–Kier alpha value is -4.01. The Bertz CT molecular complexity index is 842. The fraction of sp³-hybridized carbons (Fsp3) is 0.471. The second-order valence-electron chi connectivity index (χ2n) is 6.80. The molecule has 0 saturated carbocycles. The first-order valence-electron chi connectivity index (χ1n) is 9.39. The normalized spacial score (nSPS) is 13.3. The van der Waals surface area contributed by atoms with Crippen molar-refractivity contribution in [3.8, 4) is 0 Å². The van der Waals surface area contributed by atoms with Gasteiger partial charge < -0.3 is 43.2 Å². The molecule has 3 atom stereocenters. The van der Waals surface area contributed by atoms with Gasteiger partial charge in [0.1, 0.15) is 12.1 Å². The van der Waals surface area contributed by atoms with Crippen molar-refractivity contribution in [2.24, 2.45) is 17.2 Å². The van der Waals surface area contributed by atoms with Crippen LogP contribution in [0.3, 0.4) is 0 Å². The van der Waals surface area contributed by atoms with Crippen LogP contribution in [0.2, 0.25) is 0 Å². The minimum absolute atomic E-state index is 0.0745. The molecule has 15 heteroatoms. The van der Waals surface area contributed by atoms with E-state index in [4.69, 9.17) is 17.2 Å². The number of carboxylic acid groups (broad SMARTS) is 1. The zero-order chi connectivity index (χ0) is 24.3.